The molecule has 0 spiro atoms. The lowest BCUT2D eigenvalue weighted by Crippen LogP contribution is -2.24. The third kappa shape index (κ3) is 1.44. The smallest absolute Gasteiger partial charge is 0.140 e. The molecule has 2 rings (SSSR count). The highest BCUT2D eigenvalue weighted by atomic mass is 79.9. The maximum absolute atomic E-state index is 6.08. The number of ether oxygens (including phenoxy) is 1. The summed E-state index contributed by atoms with van der Waals surface area (Å²) in [5, 5.41) is 0.687. The summed E-state index contributed by atoms with van der Waals surface area (Å²) in [6, 6.07) is 3.61. The van der Waals surface area contributed by atoms with Gasteiger partial charge in [0.1, 0.15) is 11.9 Å². The van der Waals surface area contributed by atoms with Crippen LogP contribution >= 0.6 is 27.5 Å². The van der Waals surface area contributed by atoms with Crippen LogP contribution in [0.25, 0.3) is 0 Å². The van der Waals surface area contributed by atoms with Gasteiger partial charge >= 0.3 is 0 Å². The summed E-state index contributed by atoms with van der Waals surface area (Å²) in [4.78, 5) is 0. The molecule has 0 saturated heterocycles. The Balaban J connectivity index is 2.52. The molecule has 2 nitrogen and oxygen atoms in total. The third-order valence-corrected chi connectivity index (χ3v) is 3.45. The molecule has 4 heteroatoms. The van der Waals surface area contributed by atoms with Gasteiger partial charge in [0, 0.05) is 10.6 Å². The van der Waals surface area contributed by atoms with Gasteiger partial charge in [-0.05, 0) is 34.5 Å². The molecule has 76 valence electrons. The van der Waals surface area contributed by atoms with Crippen molar-refractivity contribution in [2.45, 2.75) is 25.5 Å². The first kappa shape index (κ1) is 10.3. The van der Waals surface area contributed by atoms with Gasteiger partial charge in [0.05, 0.1) is 10.5 Å². The zero-order chi connectivity index (χ0) is 10.3. The standard InChI is InChI=1S/C10H11BrClNO/c1-2-7-9(13)8-6(12)4-3-5(11)10(8)14-7/h3-4,7,9H,2,13H2,1H3. The van der Waals surface area contributed by atoms with Crippen molar-refractivity contribution in [2.24, 2.45) is 5.73 Å². The van der Waals surface area contributed by atoms with Gasteiger partial charge < -0.3 is 10.5 Å². The van der Waals surface area contributed by atoms with Gasteiger partial charge in [-0.25, -0.2) is 0 Å². The molecule has 0 aromatic heterocycles. The van der Waals surface area contributed by atoms with E-state index in [1.165, 1.54) is 0 Å². The predicted octanol–water partition coefficient (Wildman–Crippen LogP) is 3.27. The van der Waals surface area contributed by atoms with Gasteiger partial charge in [-0.1, -0.05) is 18.5 Å². The Labute approximate surface area is 96.5 Å². The van der Waals surface area contributed by atoms with Crippen molar-refractivity contribution in [3.8, 4) is 5.75 Å². The lowest BCUT2D eigenvalue weighted by molar-refractivity contribution is 0.201. The third-order valence-electron chi connectivity index (χ3n) is 2.50. The Kier molecular flexibility index (Phi) is 2.73. The molecule has 2 atom stereocenters. The molecule has 1 aromatic carbocycles. The van der Waals surface area contributed by atoms with Crippen LogP contribution in [-0.2, 0) is 0 Å². The Morgan fingerprint density at radius 2 is 2.29 bits per heavy atom. The molecule has 0 amide bonds. The quantitative estimate of drug-likeness (QED) is 0.854. The van der Waals surface area contributed by atoms with Crippen LogP contribution in [-0.4, -0.2) is 6.10 Å². The summed E-state index contributed by atoms with van der Waals surface area (Å²) in [5.41, 5.74) is 6.96. The average molecular weight is 277 g/mol. The van der Waals surface area contributed by atoms with Crippen LogP contribution in [0.15, 0.2) is 16.6 Å². The number of nitrogens with two attached hydrogens (primary N) is 1. The Bertz CT molecular complexity index is 369. The molecular formula is C10H11BrClNO. The van der Waals surface area contributed by atoms with E-state index < -0.39 is 0 Å². The van der Waals surface area contributed by atoms with Crippen molar-refractivity contribution in [3.05, 3.63) is 27.2 Å². The second kappa shape index (κ2) is 3.72. The first-order chi connectivity index (χ1) is 6.65. The summed E-state index contributed by atoms with van der Waals surface area (Å²) in [7, 11) is 0. The van der Waals surface area contributed by atoms with E-state index in [2.05, 4.69) is 22.9 Å². The Morgan fingerprint density at radius 3 is 2.86 bits per heavy atom. The minimum Gasteiger partial charge on any atom is -0.487 e. The van der Waals surface area contributed by atoms with E-state index in [1.807, 2.05) is 12.1 Å². The topological polar surface area (TPSA) is 35.2 Å². The SMILES string of the molecule is CCC1Oc2c(Br)ccc(Cl)c2C1N. The Morgan fingerprint density at radius 1 is 1.57 bits per heavy atom. The molecule has 0 saturated carbocycles. The molecule has 0 fully saturated rings. The molecule has 2 N–H and O–H groups in total. The van der Waals surface area contributed by atoms with E-state index >= 15 is 0 Å². The molecular weight excluding hydrogens is 265 g/mol. The summed E-state index contributed by atoms with van der Waals surface area (Å²) in [5.74, 6) is 0.803. The molecule has 0 bridgehead atoms. The van der Waals surface area contributed by atoms with Crippen LogP contribution in [0.4, 0.5) is 0 Å². The molecule has 2 unspecified atom stereocenters. The highest BCUT2D eigenvalue weighted by molar-refractivity contribution is 9.10. The highest BCUT2D eigenvalue weighted by Crippen LogP contribution is 2.45. The van der Waals surface area contributed by atoms with Crippen LogP contribution in [0.3, 0.4) is 0 Å². The highest BCUT2D eigenvalue weighted by Gasteiger charge is 2.33. The number of fused-ring (bicyclic) bond motifs is 1. The zero-order valence-corrected chi connectivity index (χ0v) is 10.1. The second-order valence-electron chi connectivity index (χ2n) is 3.36. The molecule has 0 aliphatic carbocycles. The number of halogens is 2. The molecule has 1 aliphatic rings. The molecule has 1 aliphatic heterocycles. The minimum atomic E-state index is -0.111. The largest absolute Gasteiger partial charge is 0.487 e. The minimum absolute atomic E-state index is 0.0428. The number of hydrogen-bond acceptors (Lipinski definition) is 2. The lowest BCUT2D eigenvalue weighted by atomic mass is 10.0. The Hall–Kier alpha value is -0.250. The number of hydrogen-bond donors (Lipinski definition) is 1. The van der Waals surface area contributed by atoms with Crippen molar-refractivity contribution in [1.82, 2.24) is 0 Å². The summed E-state index contributed by atoms with van der Waals surface area (Å²) in [6.07, 6.45) is 0.930. The normalized spacial score (nSPS) is 24.6. The average Bonchev–Trinajstić information content (AvgIpc) is 2.51. The van der Waals surface area contributed by atoms with Crippen LogP contribution in [0.1, 0.15) is 24.9 Å². The summed E-state index contributed by atoms with van der Waals surface area (Å²) >= 11 is 9.50. The second-order valence-corrected chi connectivity index (χ2v) is 4.62. The first-order valence-corrected chi connectivity index (χ1v) is 5.72. The van der Waals surface area contributed by atoms with Gasteiger partial charge in [0.25, 0.3) is 0 Å². The maximum Gasteiger partial charge on any atom is 0.140 e. The summed E-state index contributed by atoms with van der Waals surface area (Å²) < 4.78 is 6.64. The van der Waals surface area contributed by atoms with Crippen molar-refractivity contribution in [3.63, 3.8) is 0 Å². The summed E-state index contributed by atoms with van der Waals surface area (Å²) in [6.45, 7) is 2.05. The van der Waals surface area contributed by atoms with Crippen LogP contribution in [0.5, 0.6) is 5.75 Å². The van der Waals surface area contributed by atoms with Crippen LogP contribution < -0.4 is 10.5 Å². The van der Waals surface area contributed by atoms with E-state index in [-0.39, 0.29) is 12.1 Å². The fourth-order valence-electron chi connectivity index (χ4n) is 1.73. The van der Waals surface area contributed by atoms with Gasteiger partial charge in [-0.2, -0.15) is 0 Å². The monoisotopic (exact) mass is 275 g/mol. The van der Waals surface area contributed by atoms with Crippen molar-refractivity contribution in [1.29, 1.82) is 0 Å². The van der Waals surface area contributed by atoms with Crippen molar-refractivity contribution >= 4 is 27.5 Å². The molecule has 1 heterocycles. The van der Waals surface area contributed by atoms with Gasteiger partial charge in [0.2, 0.25) is 0 Å². The molecule has 0 radical (unpaired) electrons. The number of benzene rings is 1. The van der Waals surface area contributed by atoms with E-state index in [4.69, 9.17) is 22.1 Å². The predicted molar refractivity (Wildman–Crippen MR) is 60.8 cm³/mol. The van der Waals surface area contributed by atoms with Crippen molar-refractivity contribution in [2.75, 3.05) is 0 Å². The zero-order valence-electron chi connectivity index (χ0n) is 7.76. The first-order valence-electron chi connectivity index (χ1n) is 4.55. The van der Waals surface area contributed by atoms with Crippen LogP contribution in [0.2, 0.25) is 5.02 Å². The van der Waals surface area contributed by atoms with Crippen molar-refractivity contribution < 1.29 is 4.74 Å². The molecule has 1 aromatic rings. The fraction of sp³-hybridized carbons (Fsp3) is 0.400. The van der Waals surface area contributed by atoms with Gasteiger partial charge in [-0.15, -0.1) is 0 Å². The van der Waals surface area contributed by atoms with E-state index in [0.717, 1.165) is 22.2 Å². The number of rotatable bonds is 1. The van der Waals surface area contributed by atoms with E-state index in [1.54, 1.807) is 0 Å². The van der Waals surface area contributed by atoms with Crippen LogP contribution in [0, 0.1) is 0 Å². The lowest BCUT2D eigenvalue weighted by Gasteiger charge is -2.12. The fourth-order valence-corrected chi connectivity index (χ4v) is 2.44. The maximum atomic E-state index is 6.08. The van der Waals surface area contributed by atoms with Gasteiger partial charge in [0.15, 0.2) is 0 Å². The van der Waals surface area contributed by atoms with E-state index in [9.17, 15) is 0 Å². The molecule has 14 heavy (non-hydrogen) atoms. The van der Waals surface area contributed by atoms with E-state index in [0.29, 0.717) is 5.02 Å². The van der Waals surface area contributed by atoms with Gasteiger partial charge in [-0.3, -0.25) is 0 Å².